The summed E-state index contributed by atoms with van der Waals surface area (Å²) in [6.45, 7) is 5.91. The van der Waals surface area contributed by atoms with E-state index in [0.29, 0.717) is 11.6 Å². The van der Waals surface area contributed by atoms with Crippen LogP contribution in [0.2, 0.25) is 15.1 Å². The monoisotopic (exact) mass is 501 g/mol. The van der Waals surface area contributed by atoms with Gasteiger partial charge in [0.2, 0.25) is 0 Å². The maximum atomic E-state index is 12.8. The molecule has 12 heteroatoms. The van der Waals surface area contributed by atoms with E-state index in [0.717, 1.165) is 39.3 Å². The van der Waals surface area contributed by atoms with E-state index in [1.54, 1.807) is 13.1 Å². The van der Waals surface area contributed by atoms with Crippen molar-refractivity contribution in [3.63, 3.8) is 0 Å². The molecule has 2 aromatic rings. The normalized spacial score (nSPS) is 14.8. The Morgan fingerprint density at radius 3 is 2.56 bits per heavy atom. The minimum Gasteiger partial charge on any atom is -0.494 e. The molecule has 0 atom stereocenters. The van der Waals surface area contributed by atoms with Gasteiger partial charge >= 0.3 is 6.03 Å². The number of hydrogen-bond acceptors (Lipinski definition) is 7. The number of carbonyl (C=O) groups excluding carboxylic acids is 1. The molecule has 9 nitrogen and oxygen atoms in total. The van der Waals surface area contributed by atoms with Crippen LogP contribution in [0.1, 0.15) is 0 Å². The van der Waals surface area contributed by atoms with Crippen LogP contribution in [0.4, 0.5) is 22.1 Å². The van der Waals surface area contributed by atoms with Crippen LogP contribution < -0.4 is 20.3 Å². The Bertz CT molecular complexity index is 955. The van der Waals surface area contributed by atoms with Crippen molar-refractivity contribution in [1.82, 2.24) is 19.8 Å². The first-order valence-corrected chi connectivity index (χ1v) is 11.2. The Labute approximate surface area is 202 Å². The fourth-order valence-corrected chi connectivity index (χ4v) is 4.22. The van der Waals surface area contributed by atoms with Crippen molar-refractivity contribution in [2.45, 2.75) is 0 Å². The molecule has 1 aliphatic heterocycles. The molecule has 2 heterocycles. The second kappa shape index (κ2) is 11.2. The summed E-state index contributed by atoms with van der Waals surface area (Å²) in [6, 6.07) is 2.67. The molecule has 1 aliphatic rings. The zero-order chi connectivity index (χ0) is 23.3. The Morgan fingerprint density at radius 1 is 1.16 bits per heavy atom. The van der Waals surface area contributed by atoms with Gasteiger partial charge in [-0.3, -0.25) is 9.80 Å². The highest BCUT2D eigenvalue weighted by atomic mass is 35.5. The van der Waals surface area contributed by atoms with E-state index >= 15 is 0 Å². The fraction of sp³-hybridized carbons (Fsp3) is 0.450. The van der Waals surface area contributed by atoms with Crippen molar-refractivity contribution < 1.29 is 9.53 Å². The molecule has 1 aromatic carbocycles. The minimum absolute atomic E-state index is 0.112. The van der Waals surface area contributed by atoms with Gasteiger partial charge in [-0.05, 0) is 13.1 Å². The third kappa shape index (κ3) is 6.05. The van der Waals surface area contributed by atoms with E-state index in [1.165, 1.54) is 24.4 Å². The Balaban J connectivity index is 1.61. The van der Waals surface area contributed by atoms with Crippen molar-refractivity contribution >= 4 is 58.2 Å². The maximum absolute atomic E-state index is 12.8. The average Bonchev–Trinajstić information content (AvgIpc) is 2.77. The Hall–Kier alpha value is -2.04. The van der Waals surface area contributed by atoms with Crippen LogP contribution in [0.15, 0.2) is 18.5 Å². The number of methoxy groups -OCH3 is 1. The van der Waals surface area contributed by atoms with Crippen molar-refractivity contribution in [2.24, 2.45) is 0 Å². The van der Waals surface area contributed by atoms with Crippen molar-refractivity contribution in [2.75, 3.05) is 76.0 Å². The van der Waals surface area contributed by atoms with E-state index in [-0.39, 0.29) is 26.5 Å². The number of carbonyl (C=O) groups is 1. The molecule has 0 radical (unpaired) electrons. The summed E-state index contributed by atoms with van der Waals surface area (Å²) in [6.07, 6.45) is 1.41. The highest BCUT2D eigenvalue weighted by Crippen LogP contribution is 2.43. The van der Waals surface area contributed by atoms with Crippen LogP contribution in [-0.2, 0) is 0 Å². The first-order valence-electron chi connectivity index (χ1n) is 10.0. The molecule has 3 rings (SSSR count). The lowest BCUT2D eigenvalue weighted by Gasteiger charge is -2.32. The second-order valence-corrected chi connectivity index (χ2v) is 8.58. The molecule has 1 saturated heterocycles. The van der Waals surface area contributed by atoms with Crippen LogP contribution in [0.5, 0.6) is 5.75 Å². The lowest BCUT2D eigenvalue weighted by atomic mass is 10.3. The lowest BCUT2D eigenvalue weighted by molar-refractivity contribution is 0.158. The SMILES string of the molecule is COc1c(Cl)cc(Cl)c(NC(=O)N(C)c2cc(NCCN3CCN(C)CC3)ncn2)c1Cl. The van der Waals surface area contributed by atoms with Gasteiger partial charge in [-0.2, -0.15) is 0 Å². The van der Waals surface area contributed by atoms with Crippen molar-refractivity contribution in [1.29, 1.82) is 0 Å². The summed E-state index contributed by atoms with van der Waals surface area (Å²) in [4.78, 5) is 27.3. The number of urea groups is 1. The summed E-state index contributed by atoms with van der Waals surface area (Å²) < 4.78 is 5.18. The molecule has 0 unspecified atom stereocenters. The van der Waals surface area contributed by atoms with Crippen LogP contribution in [0.25, 0.3) is 0 Å². The van der Waals surface area contributed by atoms with Crippen LogP contribution >= 0.6 is 34.8 Å². The highest BCUT2D eigenvalue weighted by molar-refractivity contribution is 6.44. The first-order chi connectivity index (χ1) is 15.3. The number of rotatable bonds is 7. The van der Waals surface area contributed by atoms with Gasteiger partial charge in [0.05, 0.1) is 22.8 Å². The predicted octanol–water partition coefficient (Wildman–Crippen LogP) is 3.77. The van der Waals surface area contributed by atoms with Gasteiger partial charge in [0.15, 0.2) is 5.75 Å². The van der Waals surface area contributed by atoms with Gasteiger partial charge < -0.3 is 20.3 Å². The quantitative estimate of drug-likeness (QED) is 0.596. The largest absolute Gasteiger partial charge is 0.494 e. The van der Waals surface area contributed by atoms with E-state index in [1.807, 2.05) is 0 Å². The van der Waals surface area contributed by atoms with E-state index < -0.39 is 6.03 Å². The smallest absolute Gasteiger partial charge is 0.327 e. The Kier molecular flexibility index (Phi) is 8.61. The Morgan fingerprint density at radius 2 is 1.88 bits per heavy atom. The molecule has 32 heavy (non-hydrogen) atoms. The average molecular weight is 503 g/mol. The molecule has 0 saturated carbocycles. The highest BCUT2D eigenvalue weighted by Gasteiger charge is 2.21. The van der Waals surface area contributed by atoms with E-state index in [9.17, 15) is 4.79 Å². The molecule has 0 bridgehead atoms. The number of anilines is 3. The number of benzene rings is 1. The lowest BCUT2D eigenvalue weighted by Crippen LogP contribution is -2.45. The summed E-state index contributed by atoms with van der Waals surface area (Å²) >= 11 is 18.6. The molecular weight excluding hydrogens is 477 g/mol. The second-order valence-electron chi connectivity index (χ2n) is 7.38. The minimum atomic E-state index is -0.486. The number of nitrogens with zero attached hydrogens (tertiary/aromatic N) is 5. The number of likely N-dealkylation sites (N-methyl/N-ethyl adjacent to an activating group) is 1. The maximum Gasteiger partial charge on any atom is 0.327 e. The predicted molar refractivity (Wildman–Crippen MR) is 130 cm³/mol. The number of ether oxygens (including phenoxy) is 1. The van der Waals surface area contributed by atoms with Gasteiger partial charge in [0.1, 0.15) is 23.0 Å². The third-order valence-electron chi connectivity index (χ3n) is 5.20. The number of amides is 2. The van der Waals surface area contributed by atoms with Crippen LogP contribution in [-0.4, -0.2) is 86.3 Å². The molecule has 1 fully saturated rings. The van der Waals surface area contributed by atoms with Gasteiger partial charge in [-0.25, -0.2) is 14.8 Å². The zero-order valence-corrected chi connectivity index (χ0v) is 20.4. The molecule has 2 amide bonds. The van der Waals surface area contributed by atoms with Gasteiger partial charge in [-0.1, -0.05) is 34.8 Å². The van der Waals surface area contributed by atoms with Gasteiger partial charge in [0.25, 0.3) is 0 Å². The summed E-state index contributed by atoms with van der Waals surface area (Å²) in [5.74, 6) is 1.27. The van der Waals surface area contributed by atoms with Crippen molar-refractivity contribution in [3.8, 4) is 5.75 Å². The third-order valence-corrected chi connectivity index (χ3v) is 6.13. The molecule has 174 valence electrons. The van der Waals surface area contributed by atoms with Crippen LogP contribution in [0, 0.1) is 0 Å². The number of halogens is 3. The fourth-order valence-electron chi connectivity index (χ4n) is 3.21. The molecule has 2 N–H and O–H groups in total. The molecular formula is C20H26Cl3N7O2. The standard InChI is InChI=1S/C20H26Cl3N7O2/c1-28-6-8-30(9-7-28)5-4-24-15-11-16(26-12-25-15)29(2)20(31)27-18-13(21)10-14(22)19(32-3)17(18)23/h10-12H,4-9H2,1-3H3,(H,27,31)(H,24,25,26). The van der Waals surface area contributed by atoms with Crippen molar-refractivity contribution in [3.05, 3.63) is 33.5 Å². The summed E-state index contributed by atoms with van der Waals surface area (Å²) in [7, 11) is 5.15. The van der Waals surface area contributed by atoms with Crippen LogP contribution in [0.3, 0.4) is 0 Å². The van der Waals surface area contributed by atoms with E-state index in [4.69, 9.17) is 39.5 Å². The number of aromatic nitrogens is 2. The number of hydrogen-bond donors (Lipinski definition) is 2. The molecule has 1 aromatic heterocycles. The van der Waals surface area contributed by atoms with E-state index in [2.05, 4.69) is 37.4 Å². The number of piperazine rings is 1. The first kappa shape index (κ1) is 24.6. The molecule has 0 aliphatic carbocycles. The van der Waals surface area contributed by atoms with Gasteiger partial charge in [-0.15, -0.1) is 0 Å². The summed E-state index contributed by atoms with van der Waals surface area (Å²) in [5.41, 5.74) is 0.200. The summed E-state index contributed by atoms with van der Waals surface area (Å²) in [5, 5.41) is 6.52. The van der Waals surface area contributed by atoms with Gasteiger partial charge in [0, 0.05) is 52.4 Å². The molecule has 0 spiro atoms. The zero-order valence-electron chi connectivity index (χ0n) is 18.2. The topological polar surface area (TPSA) is 85.9 Å². The number of nitrogens with one attached hydrogen (secondary N) is 2.